The Balaban J connectivity index is 1.63. The summed E-state index contributed by atoms with van der Waals surface area (Å²) < 4.78 is 33.9. The van der Waals surface area contributed by atoms with Crippen molar-refractivity contribution in [1.82, 2.24) is 19.1 Å². The van der Waals surface area contributed by atoms with Crippen molar-refractivity contribution in [3.8, 4) is 10.9 Å². The SMILES string of the molecule is CC(C)S(=O)(=O)N1CCN(c2cnn(-c3nccs3)c(=O)c2OC2CCCC2)CC1. The number of anilines is 1. The Kier molecular flexibility index (Phi) is 6.12. The monoisotopic (exact) mass is 453 g/mol. The number of piperazine rings is 1. The number of aromatic nitrogens is 3. The van der Waals surface area contributed by atoms with Crippen LogP contribution in [0.1, 0.15) is 39.5 Å². The van der Waals surface area contributed by atoms with Crippen LogP contribution in [0.4, 0.5) is 5.69 Å². The zero-order chi connectivity index (χ0) is 21.3. The van der Waals surface area contributed by atoms with E-state index in [4.69, 9.17) is 4.74 Å². The molecule has 4 rings (SSSR count). The average molecular weight is 454 g/mol. The highest BCUT2D eigenvalue weighted by Gasteiger charge is 2.32. The van der Waals surface area contributed by atoms with E-state index in [1.807, 2.05) is 4.90 Å². The van der Waals surface area contributed by atoms with E-state index in [2.05, 4.69) is 10.1 Å². The first-order valence-corrected chi connectivity index (χ1v) is 12.7. The van der Waals surface area contributed by atoms with Gasteiger partial charge in [-0.05, 0) is 39.5 Å². The molecule has 0 radical (unpaired) electrons. The highest BCUT2D eigenvalue weighted by atomic mass is 32.2. The lowest BCUT2D eigenvalue weighted by Gasteiger charge is -2.36. The van der Waals surface area contributed by atoms with Crippen LogP contribution in [0.25, 0.3) is 5.13 Å². The Labute approximate surface area is 180 Å². The third-order valence-corrected chi connectivity index (χ3v) is 8.66. The molecule has 2 aliphatic rings. The predicted octanol–water partition coefficient (Wildman–Crippen LogP) is 1.87. The number of hydrogen-bond donors (Lipinski definition) is 0. The molecule has 3 heterocycles. The van der Waals surface area contributed by atoms with E-state index in [9.17, 15) is 13.2 Å². The van der Waals surface area contributed by atoms with Crippen LogP contribution in [0.5, 0.6) is 5.75 Å². The van der Waals surface area contributed by atoms with Crippen molar-refractivity contribution in [3.05, 3.63) is 28.1 Å². The van der Waals surface area contributed by atoms with Crippen LogP contribution in [-0.2, 0) is 10.0 Å². The molecule has 2 aromatic rings. The van der Waals surface area contributed by atoms with Crippen LogP contribution < -0.4 is 15.2 Å². The molecule has 0 N–H and O–H groups in total. The number of rotatable bonds is 6. The van der Waals surface area contributed by atoms with Crippen LogP contribution in [0.3, 0.4) is 0 Å². The molecule has 0 bridgehead atoms. The smallest absolute Gasteiger partial charge is 0.318 e. The molecule has 1 saturated carbocycles. The molecule has 2 aromatic heterocycles. The minimum absolute atomic E-state index is 0.0196. The Hall–Kier alpha value is -1.98. The van der Waals surface area contributed by atoms with E-state index >= 15 is 0 Å². The molecule has 1 saturated heterocycles. The zero-order valence-corrected chi connectivity index (χ0v) is 18.9. The Bertz CT molecular complexity index is 1020. The molecule has 1 aliphatic heterocycles. The fourth-order valence-corrected chi connectivity index (χ4v) is 5.74. The third kappa shape index (κ3) is 4.10. The summed E-state index contributed by atoms with van der Waals surface area (Å²) in [5.41, 5.74) is 0.299. The van der Waals surface area contributed by atoms with E-state index in [0.29, 0.717) is 37.0 Å². The largest absolute Gasteiger partial charge is 0.483 e. The highest BCUT2D eigenvalue weighted by molar-refractivity contribution is 7.89. The van der Waals surface area contributed by atoms with Gasteiger partial charge in [-0.3, -0.25) is 4.79 Å². The lowest BCUT2D eigenvalue weighted by molar-refractivity contribution is 0.205. The van der Waals surface area contributed by atoms with Crippen molar-refractivity contribution < 1.29 is 13.2 Å². The lowest BCUT2D eigenvalue weighted by atomic mass is 10.2. The summed E-state index contributed by atoms with van der Waals surface area (Å²) in [6, 6.07) is 0. The van der Waals surface area contributed by atoms with Crippen molar-refractivity contribution >= 4 is 27.0 Å². The molecule has 30 heavy (non-hydrogen) atoms. The first kappa shape index (κ1) is 21.3. The number of nitrogens with zero attached hydrogens (tertiary/aromatic N) is 5. The van der Waals surface area contributed by atoms with Gasteiger partial charge in [0.25, 0.3) is 0 Å². The van der Waals surface area contributed by atoms with Crippen molar-refractivity contribution in [2.45, 2.75) is 50.9 Å². The van der Waals surface area contributed by atoms with Gasteiger partial charge < -0.3 is 9.64 Å². The lowest BCUT2D eigenvalue weighted by Crippen LogP contribution is -2.50. The van der Waals surface area contributed by atoms with Crippen LogP contribution in [-0.4, -0.2) is 65.0 Å². The predicted molar refractivity (Wildman–Crippen MR) is 116 cm³/mol. The average Bonchev–Trinajstić information content (AvgIpc) is 3.44. The first-order valence-electron chi connectivity index (χ1n) is 10.3. The molecule has 9 nitrogen and oxygen atoms in total. The van der Waals surface area contributed by atoms with Gasteiger partial charge in [0.1, 0.15) is 5.69 Å². The fraction of sp³-hybridized carbons (Fsp3) is 0.632. The van der Waals surface area contributed by atoms with E-state index in [0.717, 1.165) is 25.7 Å². The molecule has 0 aromatic carbocycles. The van der Waals surface area contributed by atoms with Crippen molar-refractivity contribution in [2.24, 2.45) is 0 Å². The molecule has 164 valence electrons. The summed E-state index contributed by atoms with van der Waals surface area (Å²) >= 11 is 1.34. The number of hydrogen-bond acceptors (Lipinski definition) is 8. The molecule has 0 unspecified atom stereocenters. The van der Waals surface area contributed by atoms with Crippen LogP contribution >= 0.6 is 11.3 Å². The maximum atomic E-state index is 13.2. The second kappa shape index (κ2) is 8.64. The van der Waals surface area contributed by atoms with Crippen LogP contribution in [0.15, 0.2) is 22.6 Å². The van der Waals surface area contributed by atoms with Gasteiger partial charge in [0.2, 0.25) is 20.9 Å². The Morgan fingerprint density at radius 3 is 2.47 bits per heavy atom. The second-order valence-corrected chi connectivity index (χ2v) is 11.3. The summed E-state index contributed by atoms with van der Waals surface area (Å²) in [4.78, 5) is 19.4. The van der Waals surface area contributed by atoms with Gasteiger partial charge in [0.05, 0.1) is 17.6 Å². The maximum Gasteiger partial charge on any atom is 0.318 e. The molecule has 0 spiro atoms. The summed E-state index contributed by atoms with van der Waals surface area (Å²) in [7, 11) is -3.29. The zero-order valence-electron chi connectivity index (χ0n) is 17.2. The summed E-state index contributed by atoms with van der Waals surface area (Å²) in [5.74, 6) is 0.285. The van der Waals surface area contributed by atoms with Crippen molar-refractivity contribution in [1.29, 1.82) is 0 Å². The highest BCUT2D eigenvalue weighted by Crippen LogP contribution is 2.30. The number of thiazole rings is 1. The summed E-state index contributed by atoms with van der Waals surface area (Å²) in [6.07, 6.45) is 7.34. The fourth-order valence-electron chi connectivity index (χ4n) is 3.88. The van der Waals surface area contributed by atoms with Gasteiger partial charge in [-0.25, -0.2) is 13.4 Å². The van der Waals surface area contributed by atoms with E-state index in [1.54, 1.807) is 31.6 Å². The standard InChI is InChI=1S/C19H27N5O4S2/c1-14(2)30(26,27)23-10-8-22(9-11-23)16-13-21-24(19-20-7-12-29-19)18(25)17(16)28-15-5-3-4-6-15/h7,12-15H,3-6,8-11H2,1-2H3. The number of sulfonamides is 1. The first-order chi connectivity index (χ1) is 14.4. The molecular weight excluding hydrogens is 426 g/mol. The number of ether oxygens (including phenoxy) is 1. The molecular formula is C19H27N5O4S2. The molecule has 11 heteroatoms. The van der Waals surface area contributed by atoms with Gasteiger partial charge in [0.15, 0.2) is 0 Å². The van der Waals surface area contributed by atoms with Gasteiger partial charge in [-0.2, -0.15) is 14.1 Å². The molecule has 0 amide bonds. The molecule has 0 atom stereocenters. The maximum absolute atomic E-state index is 13.2. The van der Waals surface area contributed by atoms with Crippen molar-refractivity contribution in [3.63, 3.8) is 0 Å². The molecule has 1 aliphatic carbocycles. The van der Waals surface area contributed by atoms with Gasteiger partial charge in [0, 0.05) is 37.8 Å². The third-order valence-electron chi connectivity index (χ3n) is 5.64. The summed E-state index contributed by atoms with van der Waals surface area (Å²) in [5, 5.41) is 6.17. The summed E-state index contributed by atoms with van der Waals surface area (Å²) in [6.45, 7) is 5.09. The minimum Gasteiger partial charge on any atom is -0.483 e. The van der Waals surface area contributed by atoms with E-state index in [-0.39, 0.29) is 17.4 Å². The van der Waals surface area contributed by atoms with Crippen molar-refractivity contribution in [2.75, 3.05) is 31.1 Å². The van der Waals surface area contributed by atoms with Gasteiger partial charge in [-0.1, -0.05) is 0 Å². The Morgan fingerprint density at radius 2 is 1.87 bits per heavy atom. The van der Waals surface area contributed by atoms with Crippen LogP contribution in [0, 0.1) is 0 Å². The van der Waals surface area contributed by atoms with Crippen LogP contribution in [0.2, 0.25) is 0 Å². The minimum atomic E-state index is -3.29. The van der Waals surface area contributed by atoms with E-state index in [1.165, 1.54) is 20.3 Å². The van der Waals surface area contributed by atoms with E-state index < -0.39 is 15.3 Å². The second-order valence-electron chi connectivity index (χ2n) is 7.89. The van der Waals surface area contributed by atoms with Gasteiger partial charge >= 0.3 is 5.56 Å². The quantitative estimate of drug-likeness (QED) is 0.659. The molecule has 2 fully saturated rings. The van der Waals surface area contributed by atoms with Gasteiger partial charge in [-0.15, -0.1) is 11.3 Å². The normalized spacial score (nSPS) is 19.0. The topological polar surface area (TPSA) is 97.6 Å². The Morgan fingerprint density at radius 1 is 1.17 bits per heavy atom.